The van der Waals surface area contributed by atoms with Gasteiger partial charge in [-0.2, -0.15) is 5.26 Å². The molecule has 0 saturated heterocycles. The summed E-state index contributed by atoms with van der Waals surface area (Å²) in [5.74, 6) is 0. The third-order valence-corrected chi connectivity index (χ3v) is 3.56. The van der Waals surface area contributed by atoms with Gasteiger partial charge in [-0.25, -0.2) is 0 Å². The van der Waals surface area contributed by atoms with Crippen LogP contribution in [0.5, 0.6) is 0 Å². The van der Waals surface area contributed by atoms with E-state index in [0.717, 1.165) is 17.1 Å². The monoisotopic (exact) mass is 284 g/mol. The first kappa shape index (κ1) is 13.9. The Kier molecular flexibility index (Phi) is 3.89. The van der Waals surface area contributed by atoms with Gasteiger partial charge in [-0.15, -0.1) is 0 Å². The van der Waals surface area contributed by atoms with Crippen LogP contribution in [0.2, 0.25) is 0 Å². The summed E-state index contributed by atoms with van der Waals surface area (Å²) < 4.78 is 0. The van der Waals surface area contributed by atoms with Crippen LogP contribution in [0.3, 0.4) is 0 Å². The molecule has 0 aliphatic carbocycles. The number of benzene rings is 3. The molecule has 0 heterocycles. The number of para-hydroxylation sites is 1. The van der Waals surface area contributed by atoms with Gasteiger partial charge in [0.05, 0.1) is 11.6 Å². The summed E-state index contributed by atoms with van der Waals surface area (Å²) >= 11 is 0. The molecule has 2 nitrogen and oxygen atoms in total. The second-order valence-electron chi connectivity index (χ2n) is 5.17. The van der Waals surface area contributed by atoms with Gasteiger partial charge in [0.15, 0.2) is 0 Å². The highest BCUT2D eigenvalue weighted by atomic mass is 15.1. The lowest BCUT2D eigenvalue weighted by atomic mass is 10.1. The summed E-state index contributed by atoms with van der Waals surface area (Å²) in [6, 6.07) is 28.5. The van der Waals surface area contributed by atoms with E-state index >= 15 is 0 Å². The molecule has 0 fully saturated rings. The molecular weight excluding hydrogens is 268 g/mol. The Morgan fingerprint density at radius 1 is 0.682 bits per heavy atom. The van der Waals surface area contributed by atoms with Crippen LogP contribution in [-0.2, 0) is 0 Å². The number of aryl methyl sites for hydroxylation is 1. The number of hydrogen-bond acceptors (Lipinski definition) is 2. The first-order chi connectivity index (χ1) is 10.8. The molecule has 0 amide bonds. The van der Waals surface area contributed by atoms with Crippen molar-refractivity contribution in [3.8, 4) is 6.07 Å². The van der Waals surface area contributed by atoms with Crippen LogP contribution < -0.4 is 4.90 Å². The normalized spacial score (nSPS) is 10.0. The van der Waals surface area contributed by atoms with Gasteiger partial charge < -0.3 is 4.90 Å². The maximum atomic E-state index is 8.97. The van der Waals surface area contributed by atoms with E-state index in [1.54, 1.807) is 0 Å². The van der Waals surface area contributed by atoms with E-state index in [1.165, 1.54) is 5.56 Å². The molecule has 0 unspecified atom stereocenters. The summed E-state index contributed by atoms with van der Waals surface area (Å²) in [5, 5.41) is 8.97. The van der Waals surface area contributed by atoms with E-state index in [0.29, 0.717) is 5.56 Å². The average Bonchev–Trinajstić information content (AvgIpc) is 2.58. The van der Waals surface area contributed by atoms with Crippen molar-refractivity contribution in [3.63, 3.8) is 0 Å². The largest absolute Gasteiger partial charge is 0.311 e. The molecule has 2 heteroatoms. The van der Waals surface area contributed by atoms with Crippen molar-refractivity contribution in [2.75, 3.05) is 4.90 Å². The molecule has 0 spiro atoms. The fourth-order valence-electron chi connectivity index (χ4n) is 2.40. The molecule has 106 valence electrons. The van der Waals surface area contributed by atoms with Crippen LogP contribution in [-0.4, -0.2) is 0 Å². The SMILES string of the molecule is Cc1ccc(N(c2ccccc2)c2ccc(C#N)cc2)cc1. The molecule has 0 bridgehead atoms. The van der Waals surface area contributed by atoms with Crippen LogP contribution in [0.25, 0.3) is 0 Å². The second kappa shape index (κ2) is 6.15. The molecular formula is C20H16N2. The molecule has 0 aliphatic heterocycles. The zero-order valence-electron chi connectivity index (χ0n) is 12.4. The molecule has 0 saturated carbocycles. The highest BCUT2D eigenvalue weighted by molar-refractivity contribution is 5.76. The summed E-state index contributed by atoms with van der Waals surface area (Å²) in [6.45, 7) is 2.08. The number of nitrogens with zero attached hydrogens (tertiary/aromatic N) is 2. The number of nitriles is 1. The molecule has 0 radical (unpaired) electrons. The molecule has 0 aliphatic rings. The predicted molar refractivity (Wildman–Crippen MR) is 90.6 cm³/mol. The van der Waals surface area contributed by atoms with Crippen LogP contribution in [0, 0.1) is 18.3 Å². The quantitative estimate of drug-likeness (QED) is 0.649. The van der Waals surface area contributed by atoms with Crippen LogP contribution in [0.4, 0.5) is 17.1 Å². The lowest BCUT2D eigenvalue weighted by molar-refractivity contribution is 1.27. The van der Waals surface area contributed by atoms with Gasteiger partial charge >= 0.3 is 0 Å². The maximum absolute atomic E-state index is 8.97. The lowest BCUT2D eigenvalue weighted by Crippen LogP contribution is -2.09. The van der Waals surface area contributed by atoms with Gasteiger partial charge in [0, 0.05) is 17.1 Å². The maximum Gasteiger partial charge on any atom is 0.0991 e. The first-order valence-corrected chi connectivity index (χ1v) is 7.20. The van der Waals surface area contributed by atoms with Crippen LogP contribution in [0.15, 0.2) is 78.9 Å². The fraction of sp³-hybridized carbons (Fsp3) is 0.0500. The van der Waals surface area contributed by atoms with E-state index in [-0.39, 0.29) is 0 Å². The topological polar surface area (TPSA) is 27.0 Å². The van der Waals surface area contributed by atoms with Crippen molar-refractivity contribution in [2.24, 2.45) is 0 Å². The van der Waals surface area contributed by atoms with E-state index in [1.807, 2.05) is 42.5 Å². The summed E-state index contributed by atoms with van der Waals surface area (Å²) in [5.41, 5.74) is 5.13. The Labute approximate surface area is 130 Å². The van der Waals surface area contributed by atoms with E-state index in [4.69, 9.17) is 5.26 Å². The predicted octanol–water partition coefficient (Wildman–Crippen LogP) is 5.34. The van der Waals surface area contributed by atoms with Gasteiger partial charge in [0.25, 0.3) is 0 Å². The Hall–Kier alpha value is -3.05. The van der Waals surface area contributed by atoms with E-state index < -0.39 is 0 Å². The van der Waals surface area contributed by atoms with Crippen LogP contribution >= 0.6 is 0 Å². The Bertz CT molecular complexity index is 782. The van der Waals surface area contributed by atoms with Crippen molar-refractivity contribution in [1.82, 2.24) is 0 Å². The summed E-state index contributed by atoms with van der Waals surface area (Å²) in [7, 11) is 0. The smallest absolute Gasteiger partial charge is 0.0991 e. The van der Waals surface area contributed by atoms with Crippen molar-refractivity contribution in [2.45, 2.75) is 6.92 Å². The zero-order valence-corrected chi connectivity index (χ0v) is 12.4. The Morgan fingerprint density at radius 2 is 1.18 bits per heavy atom. The second-order valence-corrected chi connectivity index (χ2v) is 5.17. The minimum absolute atomic E-state index is 0.667. The Morgan fingerprint density at radius 3 is 1.73 bits per heavy atom. The summed E-state index contributed by atoms with van der Waals surface area (Å²) in [4.78, 5) is 2.18. The minimum atomic E-state index is 0.667. The number of anilines is 3. The summed E-state index contributed by atoms with van der Waals surface area (Å²) in [6.07, 6.45) is 0. The zero-order chi connectivity index (χ0) is 15.4. The van der Waals surface area contributed by atoms with Crippen molar-refractivity contribution in [1.29, 1.82) is 5.26 Å². The Balaban J connectivity index is 2.10. The molecule has 22 heavy (non-hydrogen) atoms. The van der Waals surface area contributed by atoms with E-state index in [2.05, 4.69) is 54.3 Å². The van der Waals surface area contributed by atoms with Crippen molar-refractivity contribution >= 4 is 17.1 Å². The average molecular weight is 284 g/mol. The van der Waals surface area contributed by atoms with Gasteiger partial charge in [0.2, 0.25) is 0 Å². The standard InChI is InChI=1S/C20H16N2/c1-16-7-11-19(12-8-16)22(18-5-3-2-4-6-18)20-13-9-17(15-21)10-14-20/h2-14H,1H3. The van der Waals surface area contributed by atoms with Gasteiger partial charge in [0.1, 0.15) is 0 Å². The number of rotatable bonds is 3. The highest BCUT2D eigenvalue weighted by Crippen LogP contribution is 2.34. The van der Waals surface area contributed by atoms with E-state index in [9.17, 15) is 0 Å². The number of hydrogen-bond donors (Lipinski definition) is 0. The van der Waals surface area contributed by atoms with Gasteiger partial charge in [-0.3, -0.25) is 0 Å². The lowest BCUT2D eigenvalue weighted by Gasteiger charge is -2.25. The molecule has 0 aromatic heterocycles. The third-order valence-electron chi connectivity index (χ3n) is 3.56. The minimum Gasteiger partial charge on any atom is -0.311 e. The third kappa shape index (κ3) is 2.84. The molecule has 0 N–H and O–H groups in total. The molecule has 3 aromatic carbocycles. The van der Waals surface area contributed by atoms with Crippen molar-refractivity contribution < 1.29 is 0 Å². The molecule has 0 atom stereocenters. The van der Waals surface area contributed by atoms with Gasteiger partial charge in [-0.1, -0.05) is 35.9 Å². The van der Waals surface area contributed by atoms with Crippen molar-refractivity contribution in [3.05, 3.63) is 90.0 Å². The molecule has 3 rings (SSSR count). The van der Waals surface area contributed by atoms with Crippen LogP contribution in [0.1, 0.15) is 11.1 Å². The first-order valence-electron chi connectivity index (χ1n) is 7.20. The highest BCUT2D eigenvalue weighted by Gasteiger charge is 2.11. The molecule has 3 aromatic rings. The fourth-order valence-corrected chi connectivity index (χ4v) is 2.40. The van der Waals surface area contributed by atoms with Gasteiger partial charge in [-0.05, 0) is 55.5 Å².